The zero-order valence-corrected chi connectivity index (χ0v) is 27.7. The molecule has 0 aromatic heterocycles. The molecule has 0 aliphatic rings. The van der Waals surface area contributed by atoms with E-state index < -0.39 is 15.8 Å². The largest absolute Gasteiger partial charge is 0.0923 e. The van der Waals surface area contributed by atoms with Gasteiger partial charge in [-0.1, -0.05) is 195 Å². The van der Waals surface area contributed by atoms with Crippen LogP contribution in [0.15, 0.2) is 182 Å². The van der Waals surface area contributed by atoms with Crippen molar-refractivity contribution in [2.24, 2.45) is 0 Å². The van der Waals surface area contributed by atoms with Crippen molar-refractivity contribution in [1.82, 2.24) is 0 Å². The molecule has 4 radical (unpaired) electrons. The Morgan fingerprint density at radius 2 is 0.568 bits per heavy atom. The first-order valence-electron chi connectivity index (χ1n) is 14.6. The maximum atomic E-state index is 4.96. The van der Waals surface area contributed by atoms with Gasteiger partial charge in [-0.05, 0) is 47.7 Å². The Morgan fingerprint density at radius 1 is 0.386 bits per heavy atom. The molecular weight excluding hydrogens is 609 g/mol. The van der Waals surface area contributed by atoms with E-state index in [1.165, 1.54) is 31.8 Å². The van der Waals surface area contributed by atoms with Crippen molar-refractivity contribution in [3.05, 3.63) is 182 Å². The van der Waals surface area contributed by atoms with E-state index in [2.05, 4.69) is 182 Å². The van der Waals surface area contributed by atoms with Crippen molar-refractivity contribution in [3.8, 4) is 0 Å². The second-order valence-electron chi connectivity index (χ2n) is 9.52. The number of benzene rings is 6. The van der Waals surface area contributed by atoms with Gasteiger partial charge in [0, 0.05) is 31.3 Å². The van der Waals surface area contributed by atoms with Crippen molar-refractivity contribution in [2.75, 3.05) is 0 Å². The van der Waals surface area contributed by atoms with Crippen molar-refractivity contribution in [1.29, 1.82) is 0 Å². The summed E-state index contributed by atoms with van der Waals surface area (Å²) in [6.45, 7) is 2.04. The predicted octanol–water partition coefficient (Wildman–Crippen LogP) is 6.72. The maximum absolute atomic E-state index is 4.96. The summed E-state index contributed by atoms with van der Waals surface area (Å²) >= 11 is 0. The monoisotopic (exact) mass is 644 g/mol. The van der Waals surface area contributed by atoms with Crippen LogP contribution in [0, 0.1) is 0 Å². The first-order valence-corrected chi connectivity index (χ1v) is 17.3. The Balaban J connectivity index is 0.000000205. The van der Waals surface area contributed by atoms with Crippen LogP contribution in [0.1, 0.15) is 6.92 Å². The third-order valence-corrected chi connectivity index (χ3v) is 11.3. The standard InChI is InChI=1S/2C18H15P.C2H5B3.Ni/c2*1-4-10-16(11-5-1)19(17-12-6-2-7-13-17)18-14-8-3-9-15-18;1-2-4-5-3;/h2*1-15H;2H2,1H3;. The quantitative estimate of drug-likeness (QED) is 0.128. The average molecular weight is 645 g/mol. The summed E-state index contributed by atoms with van der Waals surface area (Å²) in [7, 11) is 7.52. The summed E-state index contributed by atoms with van der Waals surface area (Å²) in [6, 6.07) is 64.7. The Hall–Kier alpha value is -3.13. The molecular formula is C38H35B3NiP2. The summed E-state index contributed by atoms with van der Waals surface area (Å²) < 4.78 is 0. The van der Waals surface area contributed by atoms with Crippen LogP contribution in [-0.4, -0.2) is 22.0 Å². The van der Waals surface area contributed by atoms with Crippen molar-refractivity contribution in [3.63, 3.8) is 0 Å². The van der Waals surface area contributed by atoms with Gasteiger partial charge in [0.25, 0.3) is 0 Å². The summed E-state index contributed by atoms with van der Waals surface area (Å²) in [5, 5.41) is 8.39. The van der Waals surface area contributed by atoms with Crippen LogP contribution in [0.2, 0.25) is 6.32 Å². The van der Waals surface area contributed by atoms with Crippen LogP contribution in [0.3, 0.4) is 0 Å². The normalized spacial score (nSPS) is 9.89. The molecule has 0 heterocycles. The SMILES string of the molecule is [B][B][B]CC.[Ni].c1ccc(P(c2ccccc2)c2ccccc2)cc1.c1ccc(P(c2ccccc2)c2ccccc2)cc1. The summed E-state index contributed by atoms with van der Waals surface area (Å²) in [5.41, 5.74) is 0. The number of hydrogen-bond acceptors (Lipinski definition) is 0. The fraction of sp³-hybridized carbons (Fsp3) is 0.0526. The van der Waals surface area contributed by atoms with Gasteiger partial charge in [0.05, 0.1) is 7.17 Å². The first-order chi connectivity index (χ1) is 21.3. The molecule has 0 aliphatic heterocycles. The smallest absolute Gasteiger partial charge is 0.0541 e. The van der Waals surface area contributed by atoms with E-state index in [9.17, 15) is 0 Å². The molecule has 0 fully saturated rings. The van der Waals surface area contributed by atoms with Crippen LogP contribution in [0.25, 0.3) is 0 Å². The minimum absolute atomic E-state index is 0. The Bertz CT molecular complexity index is 1240. The van der Waals surface area contributed by atoms with Gasteiger partial charge in [0.1, 0.15) is 0 Å². The van der Waals surface area contributed by atoms with Gasteiger partial charge in [-0.2, -0.15) is 0 Å². The van der Waals surface area contributed by atoms with Gasteiger partial charge >= 0.3 is 0 Å². The van der Waals surface area contributed by atoms with E-state index in [1.54, 1.807) is 7.06 Å². The Labute approximate surface area is 280 Å². The fourth-order valence-corrected chi connectivity index (χ4v) is 9.10. The maximum Gasteiger partial charge on any atom is 0.0541 e. The van der Waals surface area contributed by atoms with Gasteiger partial charge < -0.3 is 0 Å². The molecule has 0 bridgehead atoms. The van der Waals surface area contributed by atoms with Crippen LogP contribution < -0.4 is 31.8 Å². The van der Waals surface area contributed by atoms with Crippen molar-refractivity contribution >= 4 is 69.6 Å². The number of hydrogen-bond donors (Lipinski definition) is 0. The average Bonchev–Trinajstić information content (AvgIpc) is 3.09. The molecule has 0 unspecified atom stereocenters. The zero-order valence-electron chi connectivity index (χ0n) is 25.0. The van der Waals surface area contributed by atoms with Gasteiger partial charge in [-0.25, -0.2) is 0 Å². The van der Waals surface area contributed by atoms with Crippen LogP contribution >= 0.6 is 15.8 Å². The van der Waals surface area contributed by atoms with Gasteiger partial charge in [-0.15, -0.1) is 0 Å². The third kappa shape index (κ3) is 11.1. The molecule has 6 aromatic carbocycles. The van der Waals surface area contributed by atoms with Gasteiger partial charge in [0.15, 0.2) is 0 Å². The zero-order chi connectivity index (χ0) is 30.0. The fourth-order valence-electron chi connectivity index (χ4n) is 4.49. The number of rotatable bonds is 8. The van der Waals surface area contributed by atoms with Gasteiger partial charge in [-0.3, -0.25) is 0 Å². The molecule has 0 atom stereocenters. The molecule has 0 nitrogen and oxygen atoms in total. The van der Waals surface area contributed by atoms with Crippen LogP contribution in [0.5, 0.6) is 0 Å². The molecule has 0 amide bonds. The molecule has 0 aliphatic carbocycles. The molecule has 44 heavy (non-hydrogen) atoms. The minimum Gasteiger partial charge on any atom is -0.0923 e. The van der Waals surface area contributed by atoms with E-state index in [0.717, 1.165) is 6.32 Å². The summed E-state index contributed by atoms with van der Waals surface area (Å²) in [6.07, 6.45) is 1.04. The third-order valence-electron chi connectivity index (χ3n) is 6.46. The second kappa shape index (κ2) is 20.8. The summed E-state index contributed by atoms with van der Waals surface area (Å²) in [4.78, 5) is 0. The van der Waals surface area contributed by atoms with Crippen LogP contribution in [-0.2, 0) is 16.5 Å². The Morgan fingerprint density at radius 3 is 0.682 bits per heavy atom. The minimum atomic E-state index is -0.446. The molecule has 0 saturated heterocycles. The van der Waals surface area contributed by atoms with E-state index >= 15 is 0 Å². The summed E-state index contributed by atoms with van der Waals surface area (Å²) in [5.74, 6) is 0. The Kier molecular flexibility index (Phi) is 16.7. The molecule has 6 rings (SSSR count). The van der Waals surface area contributed by atoms with E-state index in [0.29, 0.717) is 0 Å². The van der Waals surface area contributed by atoms with E-state index in [1.807, 2.05) is 14.1 Å². The molecule has 0 N–H and O–H groups in total. The van der Waals surface area contributed by atoms with Crippen molar-refractivity contribution in [2.45, 2.75) is 13.2 Å². The molecule has 6 aromatic rings. The van der Waals surface area contributed by atoms with E-state index in [4.69, 9.17) is 7.74 Å². The molecule has 216 valence electrons. The van der Waals surface area contributed by atoms with Crippen molar-refractivity contribution < 1.29 is 16.5 Å². The topological polar surface area (TPSA) is 0 Å². The second-order valence-corrected chi connectivity index (χ2v) is 14.0. The van der Waals surface area contributed by atoms with Crippen LogP contribution in [0.4, 0.5) is 0 Å². The molecule has 0 spiro atoms. The molecule has 0 saturated carbocycles. The van der Waals surface area contributed by atoms with E-state index in [-0.39, 0.29) is 16.5 Å². The van der Waals surface area contributed by atoms with Gasteiger partial charge in [0.2, 0.25) is 0 Å². The predicted molar refractivity (Wildman–Crippen MR) is 198 cm³/mol. The molecule has 6 heteroatoms. The first kappa shape index (κ1) is 35.3.